The summed E-state index contributed by atoms with van der Waals surface area (Å²) >= 11 is 0. The summed E-state index contributed by atoms with van der Waals surface area (Å²) in [6.07, 6.45) is 2.22. The maximum absolute atomic E-state index is 5.60. The highest BCUT2D eigenvalue weighted by Crippen LogP contribution is 2.26. The van der Waals surface area contributed by atoms with E-state index in [0.717, 1.165) is 29.8 Å². The van der Waals surface area contributed by atoms with E-state index >= 15 is 0 Å². The van der Waals surface area contributed by atoms with Gasteiger partial charge in [-0.1, -0.05) is 19.9 Å². The van der Waals surface area contributed by atoms with Gasteiger partial charge in [0.25, 0.3) is 0 Å². The molecule has 0 aliphatic rings. The summed E-state index contributed by atoms with van der Waals surface area (Å²) in [5.41, 5.74) is 7.74. The quantitative estimate of drug-likeness (QED) is 0.778. The summed E-state index contributed by atoms with van der Waals surface area (Å²) in [6.45, 7) is 4.91. The second-order valence-corrected chi connectivity index (χ2v) is 3.90. The normalized spacial score (nSPS) is 10.6. The van der Waals surface area contributed by atoms with Crippen LogP contribution in [0.1, 0.15) is 32.3 Å². The third kappa shape index (κ3) is 3.14. The van der Waals surface area contributed by atoms with Gasteiger partial charge in [0.15, 0.2) is 0 Å². The predicted octanol–water partition coefficient (Wildman–Crippen LogP) is 2.75. The molecule has 0 aliphatic carbocycles. The summed E-state index contributed by atoms with van der Waals surface area (Å²) in [7, 11) is 1.69. The van der Waals surface area contributed by atoms with E-state index in [4.69, 9.17) is 10.5 Å². The number of nitrogens with two attached hydrogens (primary N) is 1. The maximum Gasteiger partial charge on any atom is 0.142 e. The molecule has 0 saturated heterocycles. The number of methoxy groups -OCH3 is 1. The van der Waals surface area contributed by atoms with Gasteiger partial charge in [0.05, 0.1) is 12.8 Å². The molecule has 0 saturated carbocycles. The molecule has 3 nitrogen and oxygen atoms in total. The average molecular weight is 222 g/mol. The average Bonchev–Trinajstić information content (AvgIpc) is 2.35. The lowest BCUT2D eigenvalue weighted by Crippen LogP contribution is -2.17. The van der Waals surface area contributed by atoms with Crippen molar-refractivity contribution >= 4 is 5.69 Å². The first-order valence-corrected chi connectivity index (χ1v) is 5.88. The smallest absolute Gasteiger partial charge is 0.142 e. The Morgan fingerprint density at radius 1 is 1.31 bits per heavy atom. The fourth-order valence-corrected chi connectivity index (χ4v) is 1.69. The van der Waals surface area contributed by atoms with Crippen LogP contribution < -0.4 is 15.8 Å². The van der Waals surface area contributed by atoms with Crippen LogP contribution in [0.4, 0.5) is 5.69 Å². The highest BCUT2D eigenvalue weighted by atomic mass is 16.5. The first-order valence-electron chi connectivity index (χ1n) is 5.88. The van der Waals surface area contributed by atoms with Crippen molar-refractivity contribution in [2.75, 3.05) is 12.4 Å². The number of hydrogen-bond acceptors (Lipinski definition) is 3. The molecule has 0 amide bonds. The Labute approximate surface area is 98.0 Å². The Kier molecular flexibility index (Phi) is 5.12. The molecule has 16 heavy (non-hydrogen) atoms. The molecule has 0 unspecified atom stereocenters. The lowest BCUT2D eigenvalue weighted by Gasteiger charge is -2.19. The van der Waals surface area contributed by atoms with Crippen LogP contribution in [-0.2, 0) is 6.54 Å². The molecule has 0 spiro atoms. The Balaban J connectivity index is 2.86. The lowest BCUT2D eigenvalue weighted by atomic mass is 10.1. The van der Waals surface area contributed by atoms with Gasteiger partial charge in [-0.15, -0.1) is 0 Å². The van der Waals surface area contributed by atoms with E-state index in [0.29, 0.717) is 12.6 Å². The zero-order valence-corrected chi connectivity index (χ0v) is 10.4. The van der Waals surface area contributed by atoms with Crippen LogP contribution in [0.2, 0.25) is 0 Å². The molecule has 90 valence electrons. The number of rotatable bonds is 6. The molecule has 0 atom stereocenters. The van der Waals surface area contributed by atoms with Crippen LogP contribution in [0.5, 0.6) is 5.75 Å². The number of nitrogens with one attached hydrogen (secondary N) is 1. The van der Waals surface area contributed by atoms with Crippen LogP contribution in [-0.4, -0.2) is 13.2 Å². The summed E-state index contributed by atoms with van der Waals surface area (Å²) in [4.78, 5) is 0. The zero-order valence-electron chi connectivity index (χ0n) is 10.4. The Bertz CT molecular complexity index is 322. The van der Waals surface area contributed by atoms with Gasteiger partial charge in [0.2, 0.25) is 0 Å². The van der Waals surface area contributed by atoms with Gasteiger partial charge in [-0.3, -0.25) is 0 Å². The van der Waals surface area contributed by atoms with Gasteiger partial charge >= 0.3 is 0 Å². The Hall–Kier alpha value is -1.22. The van der Waals surface area contributed by atoms with Crippen LogP contribution in [0.15, 0.2) is 18.2 Å². The highest BCUT2D eigenvalue weighted by molar-refractivity contribution is 5.58. The second kappa shape index (κ2) is 6.38. The minimum Gasteiger partial charge on any atom is -0.495 e. The van der Waals surface area contributed by atoms with Gasteiger partial charge in [0.1, 0.15) is 5.75 Å². The van der Waals surface area contributed by atoms with Crippen molar-refractivity contribution in [2.24, 2.45) is 5.73 Å². The first-order chi connectivity index (χ1) is 7.74. The summed E-state index contributed by atoms with van der Waals surface area (Å²) in [6, 6.07) is 6.56. The minimum atomic E-state index is 0.498. The molecule has 1 aromatic carbocycles. The fourth-order valence-electron chi connectivity index (χ4n) is 1.69. The standard InChI is InChI=1S/C13H22N2O/c1-4-11(5-2)15-12-7-6-10(9-14)8-13(12)16-3/h6-8,11,15H,4-5,9,14H2,1-3H3. The van der Waals surface area contributed by atoms with Gasteiger partial charge in [-0.25, -0.2) is 0 Å². The monoisotopic (exact) mass is 222 g/mol. The van der Waals surface area contributed by atoms with Crippen LogP contribution in [0.25, 0.3) is 0 Å². The third-order valence-electron chi connectivity index (χ3n) is 2.85. The van der Waals surface area contributed by atoms with Crippen molar-refractivity contribution in [2.45, 2.75) is 39.3 Å². The summed E-state index contributed by atoms with van der Waals surface area (Å²) in [5.74, 6) is 0.870. The van der Waals surface area contributed by atoms with Gasteiger partial charge in [-0.2, -0.15) is 0 Å². The number of ether oxygens (including phenoxy) is 1. The predicted molar refractivity (Wildman–Crippen MR) is 68.9 cm³/mol. The summed E-state index contributed by atoms with van der Waals surface area (Å²) < 4.78 is 5.36. The van der Waals surface area contributed by atoms with E-state index in [2.05, 4.69) is 19.2 Å². The van der Waals surface area contributed by atoms with Crippen molar-refractivity contribution in [1.82, 2.24) is 0 Å². The van der Waals surface area contributed by atoms with E-state index < -0.39 is 0 Å². The Morgan fingerprint density at radius 2 is 2.00 bits per heavy atom. The molecule has 3 heteroatoms. The molecule has 0 heterocycles. The molecule has 0 fully saturated rings. The summed E-state index contributed by atoms with van der Waals surface area (Å²) in [5, 5.41) is 3.48. The maximum atomic E-state index is 5.60. The molecule has 3 N–H and O–H groups in total. The van der Waals surface area contributed by atoms with Gasteiger partial charge in [-0.05, 0) is 30.5 Å². The number of benzene rings is 1. The lowest BCUT2D eigenvalue weighted by molar-refractivity contribution is 0.415. The molecule has 0 bridgehead atoms. The van der Waals surface area contributed by atoms with E-state index in [1.165, 1.54) is 0 Å². The molecular weight excluding hydrogens is 200 g/mol. The molecule has 1 rings (SSSR count). The van der Waals surface area contributed by atoms with Gasteiger partial charge in [0, 0.05) is 12.6 Å². The first kappa shape index (κ1) is 12.8. The zero-order chi connectivity index (χ0) is 12.0. The van der Waals surface area contributed by atoms with Crippen molar-refractivity contribution in [3.8, 4) is 5.75 Å². The van der Waals surface area contributed by atoms with Crippen molar-refractivity contribution in [3.05, 3.63) is 23.8 Å². The molecule has 0 radical (unpaired) electrons. The second-order valence-electron chi connectivity index (χ2n) is 3.90. The minimum absolute atomic E-state index is 0.498. The SMILES string of the molecule is CCC(CC)Nc1ccc(CN)cc1OC. The Morgan fingerprint density at radius 3 is 2.50 bits per heavy atom. The molecular formula is C13H22N2O. The van der Waals surface area contributed by atoms with Gasteiger partial charge < -0.3 is 15.8 Å². The van der Waals surface area contributed by atoms with Crippen molar-refractivity contribution in [1.29, 1.82) is 0 Å². The highest BCUT2D eigenvalue weighted by Gasteiger charge is 2.08. The fraction of sp³-hybridized carbons (Fsp3) is 0.538. The van der Waals surface area contributed by atoms with E-state index in [-0.39, 0.29) is 0 Å². The van der Waals surface area contributed by atoms with Crippen molar-refractivity contribution in [3.63, 3.8) is 0 Å². The van der Waals surface area contributed by atoms with E-state index in [9.17, 15) is 0 Å². The number of anilines is 1. The molecule has 0 aromatic heterocycles. The van der Waals surface area contributed by atoms with Crippen molar-refractivity contribution < 1.29 is 4.74 Å². The number of hydrogen-bond donors (Lipinski definition) is 2. The van der Waals surface area contributed by atoms with Crippen LogP contribution in [0, 0.1) is 0 Å². The topological polar surface area (TPSA) is 47.3 Å². The largest absolute Gasteiger partial charge is 0.495 e. The van der Waals surface area contributed by atoms with Crippen LogP contribution in [0.3, 0.4) is 0 Å². The van der Waals surface area contributed by atoms with Crippen LogP contribution >= 0.6 is 0 Å². The molecule has 1 aromatic rings. The third-order valence-corrected chi connectivity index (χ3v) is 2.85. The van der Waals surface area contributed by atoms with E-state index in [1.807, 2.05) is 18.2 Å². The van der Waals surface area contributed by atoms with E-state index in [1.54, 1.807) is 7.11 Å². The molecule has 0 aliphatic heterocycles.